The smallest absolute Gasteiger partial charge is 0.421 e. The lowest BCUT2D eigenvalue weighted by Gasteiger charge is -2.17. The highest BCUT2D eigenvalue weighted by Gasteiger charge is 2.25. The molecule has 4 rings (SSSR count). The number of halogens is 1. The zero-order chi connectivity index (χ0) is 19.9. The molecule has 0 spiro atoms. The van der Waals surface area contributed by atoms with E-state index in [1.54, 1.807) is 13.1 Å². The van der Waals surface area contributed by atoms with E-state index in [4.69, 9.17) is 23.1 Å². The predicted octanol–water partition coefficient (Wildman–Crippen LogP) is -3.18. The van der Waals surface area contributed by atoms with Crippen molar-refractivity contribution >= 4 is 21.7 Å². The van der Waals surface area contributed by atoms with Crippen LogP contribution in [0.4, 0.5) is 0 Å². The van der Waals surface area contributed by atoms with Crippen molar-refractivity contribution in [3.05, 3.63) is 63.3 Å². The van der Waals surface area contributed by atoms with Gasteiger partial charge in [-0.1, -0.05) is 36.4 Å². The summed E-state index contributed by atoms with van der Waals surface area (Å²) in [7, 11) is -1.88. The molecule has 27 heavy (non-hydrogen) atoms. The Kier molecular flexibility index (Phi) is 4.72. The van der Waals surface area contributed by atoms with Crippen LogP contribution in [0.1, 0.15) is 0 Å². The minimum Gasteiger partial charge on any atom is -0.421 e. The number of nitrogens with zero attached hydrogens (tertiary/aromatic N) is 2. The second-order valence-electron chi connectivity index (χ2n) is 5.75. The first-order chi connectivity index (χ1) is 12.6. The molecule has 0 radical (unpaired) electrons. The molecule has 2 aliphatic heterocycles. The highest BCUT2D eigenvalue weighted by atomic mass is 35.7. The second kappa shape index (κ2) is 6.72. The predicted molar refractivity (Wildman–Crippen MR) is 83.0 cm³/mol. The van der Waals surface area contributed by atoms with Crippen LogP contribution in [0.15, 0.2) is 56.5 Å². The Bertz CT molecular complexity index is 1230. The summed E-state index contributed by atoms with van der Waals surface area (Å²) in [5, 5.41) is 2.84. The van der Waals surface area contributed by atoms with Gasteiger partial charge in [-0.25, -0.2) is 23.4 Å². The molecule has 0 bridgehead atoms. The lowest BCUT2D eigenvalue weighted by Crippen LogP contribution is -2.68. The summed E-state index contributed by atoms with van der Waals surface area (Å²) in [5.41, 5.74) is 0.318. The molecule has 0 atom stereocenters. The fourth-order valence-electron chi connectivity index (χ4n) is 2.84. The molecule has 2 aromatic rings. The standard InChI is InChI=1S/C17H13N2O3.ClHO4/c1-18-15(20)13-9-11-8-7-10-5-3-4-6-12(10)14(11)22-16(13)19(2)17(18)21;2-1(3,4)5/h3-9H,1-2H3;(H,2,3,4,5)/q+1;/p-1. The van der Waals surface area contributed by atoms with E-state index in [1.165, 1.54) is 11.6 Å². The Labute approximate surface area is 153 Å². The van der Waals surface area contributed by atoms with Crippen LogP contribution in [-0.4, -0.2) is 4.57 Å². The first-order valence-electron chi connectivity index (χ1n) is 7.54. The van der Waals surface area contributed by atoms with Crippen molar-refractivity contribution in [1.82, 2.24) is 4.57 Å². The Morgan fingerprint density at radius 1 is 1.00 bits per heavy atom. The van der Waals surface area contributed by atoms with E-state index in [2.05, 4.69) is 0 Å². The molecule has 2 aliphatic rings. The summed E-state index contributed by atoms with van der Waals surface area (Å²) in [6.45, 7) is 0. The maximum atomic E-state index is 12.3. The van der Waals surface area contributed by atoms with Crippen molar-refractivity contribution in [2.24, 2.45) is 14.1 Å². The Morgan fingerprint density at radius 2 is 1.59 bits per heavy atom. The summed E-state index contributed by atoms with van der Waals surface area (Å²) < 4.78 is 42.4. The van der Waals surface area contributed by atoms with Gasteiger partial charge in [-0.05, 0) is 11.5 Å². The topological polar surface area (TPSA) is 148 Å². The number of aromatic nitrogens is 2. The highest BCUT2D eigenvalue weighted by Crippen LogP contribution is 2.29. The molecule has 140 valence electrons. The minimum absolute atomic E-state index is 0.289. The van der Waals surface area contributed by atoms with Gasteiger partial charge in [0.05, 0.1) is 14.1 Å². The van der Waals surface area contributed by atoms with Crippen LogP contribution in [-0.2, 0) is 14.1 Å². The van der Waals surface area contributed by atoms with Gasteiger partial charge in [0.15, 0.2) is 5.56 Å². The molecule has 0 fully saturated rings. The zero-order valence-corrected chi connectivity index (χ0v) is 14.9. The molecule has 2 heterocycles. The van der Waals surface area contributed by atoms with Crippen LogP contribution in [0.25, 0.3) is 33.2 Å². The quantitative estimate of drug-likeness (QED) is 0.174. The zero-order valence-electron chi connectivity index (χ0n) is 14.2. The second-order valence-corrected chi connectivity index (χ2v) is 6.51. The SMILES string of the molecule is Cn1c(=O)c2cc3ccc4ccccc4c3oc-2[n+](C)c1=O.[O-][Cl+3]([O-])([O-])[O-]. The van der Waals surface area contributed by atoms with Crippen LogP contribution >= 0.6 is 0 Å². The van der Waals surface area contributed by atoms with Gasteiger partial charge in [0.2, 0.25) is 0 Å². The fourth-order valence-corrected chi connectivity index (χ4v) is 2.84. The van der Waals surface area contributed by atoms with E-state index in [0.29, 0.717) is 11.1 Å². The van der Waals surface area contributed by atoms with E-state index in [9.17, 15) is 9.59 Å². The van der Waals surface area contributed by atoms with Crippen LogP contribution in [0, 0.1) is 10.2 Å². The van der Waals surface area contributed by atoms with Gasteiger partial charge in [0.25, 0.3) is 0 Å². The Hall–Kier alpha value is -2.82. The summed E-state index contributed by atoms with van der Waals surface area (Å²) >= 11 is 0. The van der Waals surface area contributed by atoms with E-state index >= 15 is 0 Å². The molecular weight excluding hydrogens is 380 g/mol. The first kappa shape index (κ1) is 19.0. The number of rotatable bonds is 0. The van der Waals surface area contributed by atoms with Crippen molar-refractivity contribution in [2.75, 3.05) is 0 Å². The highest BCUT2D eigenvalue weighted by molar-refractivity contribution is 6.04. The van der Waals surface area contributed by atoms with Crippen molar-refractivity contribution in [3.8, 4) is 11.5 Å². The van der Waals surface area contributed by atoms with Crippen molar-refractivity contribution < 1.29 is 37.9 Å². The lowest BCUT2D eigenvalue weighted by atomic mass is 10.1. The van der Waals surface area contributed by atoms with Crippen LogP contribution in [0.5, 0.6) is 0 Å². The third kappa shape index (κ3) is 3.68. The summed E-state index contributed by atoms with van der Waals surface area (Å²) in [6.07, 6.45) is 0. The van der Waals surface area contributed by atoms with Crippen molar-refractivity contribution in [2.45, 2.75) is 0 Å². The minimum atomic E-state index is -4.94. The van der Waals surface area contributed by atoms with E-state index < -0.39 is 15.9 Å². The number of fused-ring (bicyclic) bond motifs is 4. The van der Waals surface area contributed by atoms with Crippen LogP contribution in [0.3, 0.4) is 0 Å². The van der Waals surface area contributed by atoms with Crippen LogP contribution in [0.2, 0.25) is 0 Å². The van der Waals surface area contributed by atoms with Gasteiger partial charge in [0, 0.05) is 10.8 Å². The Balaban J connectivity index is 0.000000376. The normalized spacial score (nSPS) is 11.6. The van der Waals surface area contributed by atoms with Gasteiger partial charge in [-0.15, -0.1) is 10.2 Å². The average Bonchev–Trinajstić information content (AvgIpc) is 2.62. The van der Waals surface area contributed by atoms with Crippen LogP contribution < -0.4 is 34.5 Å². The molecule has 2 aromatic carbocycles. The van der Waals surface area contributed by atoms with Gasteiger partial charge >= 0.3 is 17.1 Å². The molecule has 0 unspecified atom stereocenters. The Morgan fingerprint density at radius 3 is 2.26 bits per heavy atom. The molecule has 0 aliphatic carbocycles. The van der Waals surface area contributed by atoms with Gasteiger partial charge < -0.3 is 4.42 Å². The van der Waals surface area contributed by atoms with E-state index in [1.807, 2.05) is 36.4 Å². The van der Waals surface area contributed by atoms with E-state index in [0.717, 1.165) is 20.7 Å². The molecule has 0 N–H and O–H groups in total. The van der Waals surface area contributed by atoms with Gasteiger partial charge in [-0.2, -0.15) is 13.9 Å². The summed E-state index contributed by atoms with van der Waals surface area (Å²) in [6, 6.07) is 13.5. The number of benzene rings is 2. The summed E-state index contributed by atoms with van der Waals surface area (Å²) in [5.74, 6) is 0.289. The first-order valence-corrected chi connectivity index (χ1v) is 8.77. The average molecular weight is 393 g/mol. The molecule has 10 heteroatoms. The molecule has 0 saturated heterocycles. The third-order valence-corrected chi connectivity index (χ3v) is 4.05. The van der Waals surface area contributed by atoms with Crippen molar-refractivity contribution in [1.29, 1.82) is 0 Å². The lowest BCUT2D eigenvalue weighted by molar-refractivity contribution is -2.00. The van der Waals surface area contributed by atoms with Gasteiger partial charge in [-0.3, -0.25) is 0 Å². The summed E-state index contributed by atoms with van der Waals surface area (Å²) in [4.78, 5) is 24.4. The van der Waals surface area contributed by atoms with Gasteiger partial charge in [0.1, 0.15) is 5.58 Å². The fraction of sp³-hybridized carbons (Fsp3) is 0.118. The molecule has 0 amide bonds. The maximum Gasteiger partial charge on any atom is 0.503 e. The molecule has 9 nitrogen and oxygen atoms in total. The maximum absolute atomic E-state index is 12.3. The largest absolute Gasteiger partial charge is 0.503 e. The van der Waals surface area contributed by atoms with E-state index in [-0.39, 0.29) is 11.4 Å². The number of hydrogen-bond donors (Lipinski definition) is 0. The molecule has 0 saturated carbocycles. The third-order valence-electron chi connectivity index (χ3n) is 4.05. The molecule has 0 aromatic heterocycles. The number of hydrogen-bond acceptors (Lipinski definition) is 7. The molecular formula is C17H13ClN2O7. The van der Waals surface area contributed by atoms with Crippen molar-refractivity contribution in [3.63, 3.8) is 0 Å². The monoisotopic (exact) mass is 392 g/mol.